The van der Waals surface area contributed by atoms with Crippen molar-refractivity contribution in [2.75, 3.05) is 0 Å². The van der Waals surface area contributed by atoms with Gasteiger partial charge in [-0.2, -0.15) is 0 Å². The SMILES string of the molecule is Cc1ccc(OCc2nc(-c3ccc(C(=O)NC4CCCC4)cc3)oc2C)cc1. The van der Waals surface area contributed by atoms with E-state index in [2.05, 4.69) is 10.3 Å². The summed E-state index contributed by atoms with van der Waals surface area (Å²) >= 11 is 0. The molecule has 0 atom stereocenters. The first-order valence-corrected chi connectivity index (χ1v) is 10.2. The topological polar surface area (TPSA) is 64.4 Å². The first-order valence-electron chi connectivity index (χ1n) is 10.2. The number of carbonyl (C=O) groups is 1. The molecule has 1 aromatic heterocycles. The van der Waals surface area contributed by atoms with Gasteiger partial charge in [0.15, 0.2) is 0 Å². The monoisotopic (exact) mass is 390 g/mol. The number of benzene rings is 2. The van der Waals surface area contributed by atoms with Gasteiger partial charge in [0.1, 0.15) is 23.8 Å². The van der Waals surface area contributed by atoms with Gasteiger partial charge in [0.05, 0.1) is 0 Å². The van der Waals surface area contributed by atoms with Crippen molar-refractivity contribution < 1.29 is 13.9 Å². The highest BCUT2D eigenvalue weighted by atomic mass is 16.5. The zero-order valence-electron chi connectivity index (χ0n) is 16.9. The molecule has 3 aromatic rings. The maximum atomic E-state index is 12.4. The van der Waals surface area contributed by atoms with Gasteiger partial charge in [-0.1, -0.05) is 30.5 Å². The third-order valence-electron chi connectivity index (χ3n) is 5.37. The third kappa shape index (κ3) is 4.67. The van der Waals surface area contributed by atoms with Crippen LogP contribution in [0.4, 0.5) is 0 Å². The highest BCUT2D eigenvalue weighted by Crippen LogP contribution is 2.24. The van der Waals surface area contributed by atoms with Crippen LogP contribution in [0.1, 0.15) is 53.1 Å². The molecule has 1 heterocycles. The maximum absolute atomic E-state index is 12.4. The van der Waals surface area contributed by atoms with E-state index in [9.17, 15) is 4.79 Å². The van der Waals surface area contributed by atoms with Crippen molar-refractivity contribution in [1.29, 1.82) is 0 Å². The molecule has 5 nitrogen and oxygen atoms in total. The Morgan fingerprint density at radius 3 is 2.45 bits per heavy atom. The predicted molar refractivity (Wildman–Crippen MR) is 112 cm³/mol. The molecule has 1 aliphatic carbocycles. The Balaban J connectivity index is 1.41. The van der Waals surface area contributed by atoms with E-state index in [-0.39, 0.29) is 5.91 Å². The molecule has 5 heteroatoms. The average Bonchev–Trinajstić information content (AvgIpc) is 3.37. The number of ether oxygens (including phenoxy) is 1. The summed E-state index contributed by atoms with van der Waals surface area (Å²) in [5.41, 5.74) is 3.46. The average molecular weight is 390 g/mol. The van der Waals surface area contributed by atoms with Crippen LogP contribution in [-0.4, -0.2) is 16.9 Å². The van der Waals surface area contributed by atoms with Gasteiger partial charge in [0.2, 0.25) is 5.89 Å². The number of rotatable bonds is 6. The first-order chi connectivity index (χ1) is 14.1. The maximum Gasteiger partial charge on any atom is 0.251 e. The number of hydrogen-bond acceptors (Lipinski definition) is 4. The Morgan fingerprint density at radius 1 is 1.07 bits per heavy atom. The second-order valence-electron chi connectivity index (χ2n) is 7.66. The van der Waals surface area contributed by atoms with E-state index in [0.29, 0.717) is 24.1 Å². The number of carbonyl (C=O) groups excluding carboxylic acids is 1. The minimum Gasteiger partial charge on any atom is -0.487 e. The number of aromatic nitrogens is 1. The summed E-state index contributed by atoms with van der Waals surface area (Å²) in [4.78, 5) is 17.0. The van der Waals surface area contributed by atoms with Crippen LogP contribution in [0.3, 0.4) is 0 Å². The summed E-state index contributed by atoms with van der Waals surface area (Å²) in [7, 11) is 0. The summed E-state index contributed by atoms with van der Waals surface area (Å²) < 4.78 is 11.6. The van der Waals surface area contributed by atoms with Crippen LogP contribution < -0.4 is 10.1 Å². The lowest BCUT2D eigenvalue weighted by Gasteiger charge is -2.11. The van der Waals surface area contributed by atoms with Gasteiger partial charge in [0.25, 0.3) is 5.91 Å². The number of amides is 1. The van der Waals surface area contributed by atoms with Crippen LogP contribution in [0.15, 0.2) is 52.9 Å². The molecular formula is C24H26N2O3. The van der Waals surface area contributed by atoms with Gasteiger partial charge in [-0.05, 0) is 63.1 Å². The van der Waals surface area contributed by atoms with Gasteiger partial charge in [-0.15, -0.1) is 0 Å². The lowest BCUT2D eigenvalue weighted by atomic mass is 10.1. The molecule has 0 spiro atoms. The fourth-order valence-corrected chi connectivity index (χ4v) is 3.57. The molecule has 1 N–H and O–H groups in total. The highest BCUT2D eigenvalue weighted by molar-refractivity contribution is 5.94. The van der Waals surface area contributed by atoms with Crippen LogP contribution >= 0.6 is 0 Å². The van der Waals surface area contributed by atoms with E-state index in [1.807, 2.05) is 62.4 Å². The molecule has 150 valence electrons. The summed E-state index contributed by atoms with van der Waals surface area (Å²) in [5.74, 6) is 2.05. The fraction of sp³-hybridized carbons (Fsp3) is 0.333. The molecule has 2 aromatic carbocycles. The Morgan fingerprint density at radius 2 is 1.76 bits per heavy atom. The molecular weight excluding hydrogens is 364 g/mol. The van der Waals surface area contributed by atoms with Crippen LogP contribution in [0.25, 0.3) is 11.5 Å². The largest absolute Gasteiger partial charge is 0.487 e. The minimum atomic E-state index is -0.0146. The molecule has 1 fully saturated rings. The molecule has 29 heavy (non-hydrogen) atoms. The van der Waals surface area contributed by atoms with E-state index in [4.69, 9.17) is 9.15 Å². The lowest BCUT2D eigenvalue weighted by Crippen LogP contribution is -2.32. The van der Waals surface area contributed by atoms with Crippen molar-refractivity contribution >= 4 is 5.91 Å². The van der Waals surface area contributed by atoms with Crippen molar-refractivity contribution in [3.63, 3.8) is 0 Å². The van der Waals surface area contributed by atoms with E-state index < -0.39 is 0 Å². The van der Waals surface area contributed by atoms with E-state index in [0.717, 1.165) is 35.6 Å². The zero-order chi connectivity index (χ0) is 20.2. The van der Waals surface area contributed by atoms with Gasteiger partial charge >= 0.3 is 0 Å². The van der Waals surface area contributed by atoms with Crippen molar-refractivity contribution in [1.82, 2.24) is 10.3 Å². The number of nitrogens with one attached hydrogen (secondary N) is 1. The standard InChI is InChI=1S/C24H26N2O3/c1-16-7-13-21(14-8-16)28-15-22-17(2)29-24(26-22)19-11-9-18(10-12-19)23(27)25-20-5-3-4-6-20/h7-14,20H,3-6,15H2,1-2H3,(H,25,27). The smallest absolute Gasteiger partial charge is 0.251 e. The van der Waals surface area contributed by atoms with Crippen molar-refractivity contribution in [2.45, 2.75) is 52.2 Å². The molecule has 1 saturated carbocycles. The van der Waals surface area contributed by atoms with Crippen LogP contribution in [0.2, 0.25) is 0 Å². The second-order valence-corrected chi connectivity index (χ2v) is 7.66. The van der Waals surface area contributed by atoms with Crippen molar-refractivity contribution in [3.8, 4) is 17.2 Å². The summed E-state index contributed by atoms with van der Waals surface area (Å²) in [5, 5.41) is 3.11. The molecule has 0 unspecified atom stereocenters. The quantitative estimate of drug-likeness (QED) is 0.627. The lowest BCUT2D eigenvalue weighted by molar-refractivity contribution is 0.0938. The zero-order valence-corrected chi connectivity index (χ0v) is 16.9. The fourth-order valence-electron chi connectivity index (χ4n) is 3.57. The van der Waals surface area contributed by atoms with Crippen molar-refractivity contribution in [3.05, 3.63) is 71.1 Å². The third-order valence-corrected chi connectivity index (χ3v) is 5.37. The van der Waals surface area contributed by atoms with Crippen molar-refractivity contribution in [2.24, 2.45) is 0 Å². The van der Waals surface area contributed by atoms with Crippen LogP contribution in [0.5, 0.6) is 5.75 Å². The number of oxazole rings is 1. The molecule has 1 aliphatic rings. The molecule has 4 rings (SSSR count). The van der Waals surface area contributed by atoms with Gasteiger partial charge < -0.3 is 14.5 Å². The van der Waals surface area contributed by atoms with Crippen LogP contribution in [-0.2, 0) is 6.61 Å². The van der Waals surface area contributed by atoms with E-state index >= 15 is 0 Å². The normalized spacial score (nSPS) is 14.1. The molecule has 0 aliphatic heterocycles. The molecule has 0 bridgehead atoms. The summed E-state index contributed by atoms with van der Waals surface area (Å²) in [6, 6.07) is 15.6. The minimum absolute atomic E-state index is 0.0146. The first kappa shape index (κ1) is 19.2. The Hall–Kier alpha value is -3.08. The predicted octanol–water partition coefficient (Wildman–Crippen LogP) is 5.21. The van der Waals surface area contributed by atoms with E-state index in [1.165, 1.54) is 18.4 Å². The van der Waals surface area contributed by atoms with Crippen LogP contribution in [0, 0.1) is 13.8 Å². The Bertz CT molecular complexity index is 968. The Labute approximate surface area is 171 Å². The number of nitrogens with zero attached hydrogens (tertiary/aromatic N) is 1. The highest BCUT2D eigenvalue weighted by Gasteiger charge is 2.18. The van der Waals surface area contributed by atoms with Gasteiger partial charge in [-0.3, -0.25) is 4.79 Å². The number of aryl methyl sites for hydroxylation is 2. The van der Waals surface area contributed by atoms with Gasteiger partial charge in [0, 0.05) is 17.2 Å². The second kappa shape index (κ2) is 8.52. The number of hydrogen-bond donors (Lipinski definition) is 1. The molecule has 0 saturated heterocycles. The molecule has 1 amide bonds. The van der Waals surface area contributed by atoms with E-state index in [1.54, 1.807) is 0 Å². The van der Waals surface area contributed by atoms with Gasteiger partial charge in [-0.25, -0.2) is 4.98 Å². The summed E-state index contributed by atoms with van der Waals surface area (Å²) in [6.45, 7) is 4.27. The Kier molecular flexibility index (Phi) is 5.65. The summed E-state index contributed by atoms with van der Waals surface area (Å²) in [6.07, 6.45) is 4.55. The molecule has 0 radical (unpaired) electrons.